The highest BCUT2D eigenvalue weighted by molar-refractivity contribution is 6.31. The molecule has 2 fully saturated rings. The second-order valence-electron chi connectivity index (χ2n) is 5.95. The zero-order valence-corrected chi connectivity index (χ0v) is 12.7. The Hall–Kier alpha value is -0.610. The molecule has 0 amide bonds. The van der Waals surface area contributed by atoms with Crippen molar-refractivity contribution in [2.45, 2.75) is 31.3 Å². The van der Waals surface area contributed by atoms with E-state index in [0.29, 0.717) is 12.6 Å². The molecule has 0 aromatic heterocycles. The third kappa shape index (κ3) is 2.86. The van der Waals surface area contributed by atoms with Gasteiger partial charge >= 0.3 is 0 Å². The fraction of sp³-hybridized carbons (Fsp3) is 0.625. The van der Waals surface area contributed by atoms with Crippen LogP contribution in [0, 0.1) is 0 Å². The SMILES string of the molecule is NCC(c1ccccc1Cl)N1CCC(N2CCCC2)C1. The van der Waals surface area contributed by atoms with Crippen molar-refractivity contribution in [3.8, 4) is 0 Å². The molecule has 2 aliphatic rings. The van der Waals surface area contributed by atoms with E-state index < -0.39 is 0 Å². The first kappa shape index (κ1) is 14.3. The van der Waals surface area contributed by atoms with Crippen LogP contribution < -0.4 is 5.73 Å². The van der Waals surface area contributed by atoms with Gasteiger partial charge in [-0.25, -0.2) is 0 Å². The van der Waals surface area contributed by atoms with Crippen LogP contribution >= 0.6 is 11.6 Å². The van der Waals surface area contributed by atoms with Crippen LogP contribution in [0.5, 0.6) is 0 Å². The van der Waals surface area contributed by atoms with Crippen LogP contribution in [-0.4, -0.2) is 48.6 Å². The lowest BCUT2D eigenvalue weighted by atomic mass is 10.1. The molecule has 2 saturated heterocycles. The summed E-state index contributed by atoms with van der Waals surface area (Å²) < 4.78 is 0. The van der Waals surface area contributed by atoms with E-state index >= 15 is 0 Å². The Bertz CT molecular complexity index is 445. The summed E-state index contributed by atoms with van der Waals surface area (Å²) in [4.78, 5) is 5.17. The third-order valence-electron chi connectivity index (χ3n) is 4.78. The standard InChI is InChI=1S/C16H24ClN3/c17-15-6-2-1-5-14(15)16(11-18)20-10-7-13(12-20)19-8-3-4-9-19/h1-2,5-6,13,16H,3-4,7-12,18H2. The minimum atomic E-state index is 0.260. The van der Waals surface area contributed by atoms with Gasteiger partial charge in [0.2, 0.25) is 0 Å². The van der Waals surface area contributed by atoms with Crippen molar-refractivity contribution in [1.82, 2.24) is 9.80 Å². The van der Waals surface area contributed by atoms with E-state index in [1.807, 2.05) is 12.1 Å². The molecule has 2 N–H and O–H groups in total. The van der Waals surface area contributed by atoms with Crippen molar-refractivity contribution in [3.63, 3.8) is 0 Å². The molecule has 20 heavy (non-hydrogen) atoms. The number of likely N-dealkylation sites (tertiary alicyclic amines) is 2. The second-order valence-corrected chi connectivity index (χ2v) is 6.36. The summed E-state index contributed by atoms with van der Waals surface area (Å²) >= 11 is 6.35. The van der Waals surface area contributed by atoms with Crippen molar-refractivity contribution in [2.75, 3.05) is 32.7 Å². The summed E-state index contributed by atoms with van der Waals surface area (Å²) in [6.45, 7) is 5.45. The minimum absolute atomic E-state index is 0.260. The lowest BCUT2D eigenvalue weighted by Crippen LogP contribution is -2.38. The number of hydrogen-bond donors (Lipinski definition) is 1. The van der Waals surface area contributed by atoms with Gasteiger partial charge in [-0.05, 0) is 44.0 Å². The van der Waals surface area contributed by atoms with Gasteiger partial charge in [0.25, 0.3) is 0 Å². The predicted molar refractivity (Wildman–Crippen MR) is 84.0 cm³/mol. The average Bonchev–Trinajstić information content (AvgIpc) is 3.12. The zero-order valence-electron chi connectivity index (χ0n) is 12.0. The summed E-state index contributed by atoms with van der Waals surface area (Å²) in [7, 11) is 0. The van der Waals surface area contributed by atoms with E-state index in [9.17, 15) is 0 Å². The number of rotatable bonds is 4. The molecule has 2 unspecified atom stereocenters. The number of hydrogen-bond acceptors (Lipinski definition) is 3. The summed E-state index contributed by atoms with van der Waals surface area (Å²) in [5.41, 5.74) is 7.22. The molecular weight excluding hydrogens is 270 g/mol. The van der Waals surface area contributed by atoms with E-state index in [1.165, 1.54) is 37.9 Å². The molecule has 1 aromatic carbocycles. The first-order valence-electron chi connectivity index (χ1n) is 7.72. The minimum Gasteiger partial charge on any atom is -0.329 e. The van der Waals surface area contributed by atoms with Crippen LogP contribution in [0.25, 0.3) is 0 Å². The van der Waals surface area contributed by atoms with Gasteiger partial charge in [-0.3, -0.25) is 9.80 Å². The Kier molecular flexibility index (Phi) is 4.61. The Balaban J connectivity index is 1.70. The first-order valence-corrected chi connectivity index (χ1v) is 8.10. The molecule has 0 radical (unpaired) electrons. The molecule has 0 saturated carbocycles. The lowest BCUT2D eigenvalue weighted by molar-refractivity contribution is 0.203. The monoisotopic (exact) mass is 293 g/mol. The van der Waals surface area contributed by atoms with Crippen LogP contribution in [0.15, 0.2) is 24.3 Å². The highest BCUT2D eigenvalue weighted by Gasteiger charge is 2.33. The van der Waals surface area contributed by atoms with Gasteiger partial charge in [0, 0.05) is 36.7 Å². The van der Waals surface area contributed by atoms with Crippen molar-refractivity contribution in [1.29, 1.82) is 0 Å². The van der Waals surface area contributed by atoms with Gasteiger partial charge < -0.3 is 5.73 Å². The Labute approximate surface area is 126 Å². The van der Waals surface area contributed by atoms with Gasteiger partial charge in [-0.15, -0.1) is 0 Å². The van der Waals surface area contributed by atoms with Crippen LogP contribution in [0.2, 0.25) is 5.02 Å². The summed E-state index contributed by atoms with van der Waals surface area (Å²) in [5, 5.41) is 0.840. The van der Waals surface area contributed by atoms with Gasteiger partial charge in [-0.1, -0.05) is 29.8 Å². The van der Waals surface area contributed by atoms with E-state index in [0.717, 1.165) is 18.1 Å². The topological polar surface area (TPSA) is 32.5 Å². The van der Waals surface area contributed by atoms with Crippen LogP contribution in [-0.2, 0) is 0 Å². The third-order valence-corrected chi connectivity index (χ3v) is 5.12. The lowest BCUT2D eigenvalue weighted by Gasteiger charge is -2.29. The van der Waals surface area contributed by atoms with Crippen LogP contribution in [0.4, 0.5) is 0 Å². The van der Waals surface area contributed by atoms with E-state index in [-0.39, 0.29) is 6.04 Å². The maximum atomic E-state index is 6.35. The normalized spacial score (nSPS) is 26.2. The van der Waals surface area contributed by atoms with Gasteiger partial charge in [0.05, 0.1) is 0 Å². The van der Waals surface area contributed by atoms with E-state index in [2.05, 4.69) is 21.9 Å². The zero-order chi connectivity index (χ0) is 13.9. The average molecular weight is 294 g/mol. The smallest absolute Gasteiger partial charge is 0.0485 e. The Morgan fingerprint density at radius 1 is 1.20 bits per heavy atom. The van der Waals surface area contributed by atoms with Crippen LogP contribution in [0.1, 0.15) is 30.9 Å². The van der Waals surface area contributed by atoms with Crippen molar-refractivity contribution in [3.05, 3.63) is 34.9 Å². The number of nitrogens with zero attached hydrogens (tertiary/aromatic N) is 2. The summed E-state index contributed by atoms with van der Waals surface area (Å²) in [6, 6.07) is 9.09. The van der Waals surface area contributed by atoms with Gasteiger partial charge in [0.15, 0.2) is 0 Å². The fourth-order valence-electron chi connectivity index (χ4n) is 3.67. The molecule has 3 nitrogen and oxygen atoms in total. The molecule has 2 atom stereocenters. The maximum Gasteiger partial charge on any atom is 0.0485 e. The van der Waals surface area contributed by atoms with E-state index in [4.69, 9.17) is 17.3 Å². The molecule has 1 aromatic rings. The summed E-state index contributed by atoms with van der Waals surface area (Å²) in [6.07, 6.45) is 3.99. The van der Waals surface area contributed by atoms with E-state index in [1.54, 1.807) is 0 Å². The Morgan fingerprint density at radius 2 is 1.95 bits per heavy atom. The fourth-order valence-corrected chi connectivity index (χ4v) is 3.94. The highest BCUT2D eigenvalue weighted by Crippen LogP contribution is 2.31. The van der Waals surface area contributed by atoms with Crippen LogP contribution in [0.3, 0.4) is 0 Å². The number of halogens is 1. The van der Waals surface area contributed by atoms with Crippen molar-refractivity contribution >= 4 is 11.6 Å². The molecule has 0 aliphatic carbocycles. The summed E-state index contributed by atoms with van der Waals surface area (Å²) in [5.74, 6) is 0. The van der Waals surface area contributed by atoms with Gasteiger partial charge in [0.1, 0.15) is 0 Å². The second kappa shape index (κ2) is 6.44. The van der Waals surface area contributed by atoms with Crippen molar-refractivity contribution in [2.24, 2.45) is 5.73 Å². The molecule has 4 heteroatoms. The quantitative estimate of drug-likeness (QED) is 0.926. The number of benzene rings is 1. The molecule has 3 rings (SSSR count). The molecule has 2 heterocycles. The Morgan fingerprint density at radius 3 is 2.65 bits per heavy atom. The predicted octanol–water partition coefficient (Wildman–Crippen LogP) is 2.51. The van der Waals surface area contributed by atoms with Gasteiger partial charge in [-0.2, -0.15) is 0 Å². The number of nitrogens with two attached hydrogens (primary N) is 1. The molecule has 2 aliphatic heterocycles. The van der Waals surface area contributed by atoms with Crippen molar-refractivity contribution < 1.29 is 0 Å². The molecule has 0 spiro atoms. The first-order chi connectivity index (χ1) is 9.79. The molecular formula is C16H24ClN3. The molecule has 110 valence electrons. The largest absolute Gasteiger partial charge is 0.329 e. The highest BCUT2D eigenvalue weighted by atomic mass is 35.5. The maximum absolute atomic E-state index is 6.35. The molecule has 0 bridgehead atoms.